The first-order valence-corrected chi connectivity index (χ1v) is 9.36. The highest BCUT2D eigenvalue weighted by atomic mass is 19.1. The Morgan fingerprint density at radius 3 is 2.66 bits per heavy atom. The van der Waals surface area contributed by atoms with E-state index in [1.165, 1.54) is 24.3 Å². The average molecular weight is 395 g/mol. The second-order valence-corrected chi connectivity index (χ2v) is 7.22. The molecule has 3 aromatic rings. The van der Waals surface area contributed by atoms with Crippen molar-refractivity contribution in [3.8, 4) is 17.3 Å². The van der Waals surface area contributed by atoms with E-state index in [1.54, 1.807) is 18.2 Å². The highest BCUT2D eigenvalue weighted by Gasteiger charge is 2.36. The first-order chi connectivity index (χ1) is 14.0. The molecule has 7 heteroatoms. The molecule has 148 valence electrons. The van der Waals surface area contributed by atoms with Gasteiger partial charge in [0.05, 0.1) is 19.3 Å². The van der Waals surface area contributed by atoms with Crippen molar-refractivity contribution in [3.63, 3.8) is 0 Å². The number of benzene rings is 2. The lowest BCUT2D eigenvalue weighted by molar-refractivity contribution is -0.122. The van der Waals surface area contributed by atoms with Gasteiger partial charge in [-0.25, -0.2) is 8.78 Å². The number of nitrogens with one attached hydrogen (secondary N) is 2. The molecular formula is C22H19F2N3O2. The summed E-state index contributed by atoms with van der Waals surface area (Å²) < 4.78 is 32.4. The summed E-state index contributed by atoms with van der Waals surface area (Å²) in [6, 6.07) is 12.5. The van der Waals surface area contributed by atoms with Gasteiger partial charge in [0.25, 0.3) is 0 Å². The molecule has 29 heavy (non-hydrogen) atoms. The standard InChI is InChI=1S/C22H19F2N3O2/c23-15-3-1-14(2-4-15)21-17(18-11-16(24)5-7-19(18)26-21)6-8-20(28)27-22(12-25)9-10-29-13-22/h1-5,7,11,26H,6,8-10,13H2,(H,27,28). The highest BCUT2D eigenvalue weighted by Crippen LogP contribution is 2.32. The molecule has 1 saturated heterocycles. The average Bonchev–Trinajstić information content (AvgIpc) is 3.32. The molecule has 0 saturated carbocycles. The highest BCUT2D eigenvalue weighted by molar-refractivity contribution is 5.91. The summed E-state index contributed by atoms with van der Waals surface area (Å²) >= 11 is 0. The quantitative estimate of drug-likeness (QED) is 0.689. The van der Waals surface area contributed by atoms with Crippen LogP contribution in [0.25, 0.3) is 22.2 Å². The Morgan fingerprint density at radius 1 is 1.21 bits per heavy atom. The molecule has 0 spiro atoms. The number of rotatable bonds is 5. The Bertz CT molecular complexity index is 1090. The van der Waals surface area contributed by atoms with Crippen LogP contribution in [0.1, 0.15) is 18.4 Å². The van der Waals surface area contributed by atoms with Crippen LogP contribution in [-0.4, -0.2) is 29.6 Å². The van der Waals surface area contributed by atoms with E-state index in [2.05, 4.69) is 16.4 Å². The number of hydrogen-bond acceptors (Lipinski definition) is 3. The second kappa shape index (κ2) is 7.64. The van der Waals surface area contributed by atoms with E-state index < -0.39 is 5.54 Å². The Balaban J connectivity index is 1.62. The van der Waals surface area contributed by atoms with Crippen LogP contribution in [0, 0.1) is 23.0 Å². The van der Waals surface area contributed by atoms with Crippen LogP contribution in [0.2, 0.25) is 0 Å². The monoisotopic (exact) mass is 395 g/mol. The molecule has 4 rings (SSSR count). The number of hydrogen-bond donors (Lipinski definition) is 2. The number of amides is 1. The molecule has 1 amide bonds. The van der Waals surface area contributed by atoms with Gasteiger partial charge >= 0.3 is 0 Å². The minimum Gasteiger partial charge on any atom is -0.378 e. The number of aromatic nitrogens is 1. The Morgan fingerprint density at radius 2 is 1.97 bits per heavy atom. The van der Waals surface area contributed by atoms with Crippen molar-refractivity contribution in [2.75, 3.05) is 13.2 Å². The number of nitriles is 1. The maximum absolute atomic E-state index is 13.9. The second-order valence-electron chi connectivity index (χ2n) is 7.22. The molecule has 0 bridgehead atoms. The van der Waals surface area contributed by atoms with Crippen LogP contribution in [0.4, 0.5) is 8.78 Å². The van der Waals surface area contributed by atoms with Gasteiger partial charge < -0.3 is 15.0 Å². The van der Waals surface area contributed by atoms with E-state index in [0.29, 0.717) is 24.8 Å². The van der Waals surface area contributed by atoms with Crippen molar-refractivity contribution in [1.29, 1.82) is 5.26 Å². The van der Waals surface area contributed by atoms with Gasteiger partial charge in [0.2, 0.25) is 5.91 Å². The number of H-pyrrole nitrogens is 1. The lowest BCUT2D eigenvalue weighted by atomic mass is 9.98. The summed E-state index contributed by atoms with van der Waals surface area (Å²) in [5.41, 5.74) is 1.99. The van der Waals surface area contributed by atoms with E-state index in [1.807, 2.05) is 0 Å². The molecular weight excluding hydrogens is 376 g/mol. The van der Waals surface area contributed by atoms with Gasteiger partial charge in [0.15, 0.2) is 5.54 Å². The molecule has 1 aromatic heterocycles. The van der Waals surface area contributed by atoms with Crippen molar-refractivity contribution in [3.05, 3.63) is 59.7 Å². The smallest absolute Gasteiger partial charge is 0.221 e. The summed E-state index contributed by atoms with van der Waals surface area (Å²) in [4.78, 5) is 15.8. The van der Waals surface area contributed by atoms with E-state index in [9.17, 15) is 18.8 Å². The summed E-state index contributed by atoms with van der Waals surface area (Å²) in [5, 5.41) is 12.8. The first kappa shape index (κ1) is 19.1. The number of halogens is 2. The normalized spacial score (nSPS) is 18.7. The maximum atomic E-state index is 13.9. The largest absolute Gasteiger partial charge is 0.378 e. The maximum Gasteiger partial charge on any atom is 0.221 e. The van der Waals surface area contributed by atoms with Gasteiger partial charge in [-0.1, -0.05) is 0 Å². The molecule has 5 nitrogen and oxygen atoms in total. The molecule has 1 aliphatic rings. The predicted octanol–water partition coefficient (Wildman–Crippen LogP) is 3.84. The predicted molar refractivity (Wildman–Crippen MR) is 104 cm³/mol. The van der Waals surface area contributed by atoms with E-state index in [0.717, 1.165) is 22.3 Å². The molecule has 2 N–H and O–H groups in total. The molecule has 1 aliphatic heterocycles. The zero-order valence-electron chi connectivity index (χ0n) is 15.6. The summed E-state index contributed by atoms with van der Waals surface area (Å²) in [5.74, 6) is -0.996. The van der Waals surface area contributed by atoms with Gasteiger partial charge in [-0.05, 0) is 60.0 Å². The third kappa shape index (κ3) is 3.84. The van der Waals surface area contributed by atoms with Crippen LogP contribution in [0.3, 0.4) is 0 Å². The van der Waals surface area contributed by atoms with Crippen LogP contribution in [-0.2, 0) is 16.0 Å². The third-order valence-electron chi connectivity index (χ3n) is 5.22. The van der Waals surface area contributed by atoms with Crippen molar-refractivity contribution in [1.82, 2.24) is 10.3 Å². The fourth-order valence-electron chi connectivity index (χ4n) is 3.69. The Labute approximate surface area is 166 Å². The minimum absolute atomic E-state index is 0.126. The Kier molecular flexibility index (Phi) is 5.03. The summed E-state index contributed by atoms with van der Waals surface area (Å²) in [7, 11) is 0. The zero-order chi connectivity index (χ0) is 20.4. The van der Waals surface area contributed by atoms with Gasteiger partial charge in [0.1, 0.15) is 11.6 Å². The summed E-state index contributed by atoms with van der Waals surface area (Å²) in [6.45, 7) is 0.610. The van der Waals surface area contributed by atoms with Crippen LogP contribution >= 0.6 is 0 Å². The zero-order valence-corrected chi connectivity index (χ0v) is 15.6. The SMILES string of the molecule is N#CC1(NC(=O)CCc2c(-c3ccc(F)cc3)[nH]c3ccc(F)cc23)CCOC1. The topological polar surface area (TPSA) is 77.9 Å². The van der Waals surface area contributed by atoms with Crippen molar-refractivity contribution >= 4 is 16.8 Å². The van der Waals surface area contributed by atoms with E-state index in [-0.39, 0.29) is 30.6 Å². The number of carbonyl (C=O) groups excluding carboxylic acids is 1. The lowest BCUT2D eigenvalue weighted by Crippen LogP contribution is -2.47. The number of aryl methyl sites for hydroxylation is 1. The molecule has 0 aliphatic carbocycles. The molecule has 1 unspecified atom stereocenters. The van der Waals surface area contributed by atoms with Gasteiger partial charge in [0, 0.05) is 29.4 Å². The fourth-order valence-corrected chi connectivity index (χ4v) is 3.69. The molecule has 0 radical (unpaired) electrons. The van der Waals surface area contributed by atoms with Crippen LogP contribution < -0.4 is 5.32 Å². The number of nitrogens with zero attached hydrogens (tertiary/aromatic N) is 1. The van der Waals surface area contributed by atoms with Gasteiger partial charge in [-0.2, -0.15) is 5.26 Å². The van der Waals surface area contributed by atoms with Gasteiger partial charge in [-0.3, -0.25) is 4.79 Å². The molecule has 2 heterocycles. The van der Waals surface area contributed by atoms with Crippen molar-refractivity contribution in [2.24, 2.45) is 0 Å². The van der Waals surface area contributed by atoms with Crippen LogP contribution in [0.15, 0.2) is 42.5 Å². The van der Waals surface area contributed by atoms with Crippen molar-refractivity contribution < 1.29 is 18.3 Å². The fraction of sp³-hybridized carbons (Fsp3) is 0.273. The number of carbonyl (C=O) groups is 1. The molecule has 2 aromatic carbocycles. The minimum atomic E-state index is -0.983. The lowest BCUT2D eigenvalue weighted by Gasteiger charge is -2.20. The van der Waals surface area contributed by atoms with E-state index >= 15 is 0 Å². The summed E-state index contributed by atoms with van der Waals surface area (Å²) in [6.07, 6.45) is 0.916. The Hall–Kier alpha value is -3.24. The molecule has 1 fully saturated rings. The number of fused-ring (bicyclic) bond motifs is 1. The van der Waals surface area contributed by atoms with Crippen LogP contribution in [0.5, 0.6) is 0 Å². The van der Waals surface area contributed by atoms with Gasteiger partial charge in [-0.15, -0.1) is 0 Å². The first-order valence-electron chi connectivity index (χ1n) is 9.36. The number of aromatic amines is 1. The van der Waals surface area contributed by atoms with Crippen molar-refractivity contribution in [2.45, 2.75) is 24.8 Å². The molecule has 1 atom stereocenters. The van der Waals surface area contributed by atoms with E-state index in [4.69, 9.17) is 4.74 Å². The third-order valence-corrected chi connectivity index (χ3v) is 5.22. The number of ether oxygens (including phenoxy) is 1.